The van der Waals surface area contributed by atoms with Gasteiger partial charge >= 0.3 is 0 Å². The monoisotopic (exact) mass is 442 g/mol. The van der Waals surface area contributed by atoms with Crippen LogP contribution in [0.5, 0.6) is 0 Å². The van der Waals surface area contributed by atoms with Crippen molar-refractivity contribution >= 4 is 54.8 Å². The third-order valence-corrected chi connectivity index (χ3v) is 5.70. The fourth-order valence-corrected chi connectivity index (χ4v) is 4.00. The molecular weight excluding hydrogens is 436 g/mol. The number of rotatable bonds is 3. The minimum absolute atomic E-state index is 0.275. The second-order valence-electron chi connectivity index (χ2n) is 4.34. The summed E-state index contributed by atoms with van der Waals surface area (Å²) in [6.07, 6.45) is 0. The van der Waals surface area contributed by atoms with E-state index in [0.717, 1.165) is 30.1 Å². The summed E-state index contributed by atoms with van der Waals surface area (Å²) < 4.78 is 1.99. The van der Waals surface area contributed by atoms with Gasteiger partial charge in [0, 0.05) is 14.5 Å². The van der Waals surface area contributed by atoms with Gasteiger partial charge in [-0.2, -0.15) is 0 Å². The maximum Gasteiger partial charge on any atom is 0.149 e. The molecule has 3 aromatic rings. The highest BCUT2D eigenvalue weighted by Gasteiger charge is 2.17. The first-order chi connectivity index (χ1) is 10.1. The van der Waals surface area contributed by atoms with Crippen LogP contribution >= 0.6 is 54.8 Å². The molecule has 0 radical (unpaired) electrons. The summed E-state index contributed by atoms with van der Waals surface area (Å²) in [5, 5.41) is 9.88. The quantitative estimate of drug-likeness (QED) is 0.459. The first-order valence-electron chi connectivity index (χ1n) is 6.13. The summed E-state index contributed by atoms with van der Waals surface area (Å²) in [5.74, 6) is 0. The predicted molar refractivity (Wildman–Crippen MR) is 94.9 cm³/mol. The van der Waals surface area contributed by atoms with Crippen molar-refractivity contribution in [3.63, 3.8) is 0 Å². The molecule has 0 aliphatic heterocycles. The average Bonchev–Trinajstić information content (AvgIpc) is 2.99. The highest BCUT2D eigenvalue weighted by atomic mass is 79.9. The van der Waals surface area contributed by atoms with Crippen molar-refractivity contribution in [3.05, 3.63) is 68.0 Å². The van der Waals surface area contributed by atoms with Crippen molar-refractivity contribution in [2.45, 2.75) is 5.38 Å². The van der Waals surface area contributed by atoms with E-state index in [1.54, 1.807) is 0 Å². The molecule has 0 amide bonds. The fraction of sp³-hybridized carbons (Fsp3) is 0.0667. The Kier molecular flexibility index (Phi) is 4.74. The lowest BCUT2D eigenvalue weighted by Gasteiger charge is -2.04. The third-order valence-electron chi connectivity index (χ3n) is 2.91. The van der Waals surface area contributed by atoms with Gasteiger partial charge in [0.15, 0.2) is 0 Å². The van der Waals surface area contributed by atoms with Crippen LogP contribution in [-0.2, 0) is 0 Å². The summed E-state index contributed by atoms with van der Waals surface area (Å²) in [5.41, 5.74) is 2.03. The van der Waals surface area contributed by atoms with Crippen LogP contribution in [0.15, 0.2) is 57.5 Å². The molecule has 1 unspecified atom stereocenters. The van der Waals surface area contributed by atoms with Gasteiger partial charge in [0.1, 0.15) is 15.4 Å². The van der Waals surface area contributed by atoms with E-state index in [9.17, 15) is 0 Å². The summed E-state index contributed by atoms with van der Waals surface area (Å²) in [4.78, 5) is 0. The molecule has 6 heteroatoms. The van der Waals surface area contributed by atoms with Crippen molar-refractivity contribution in [2.24, 2.45) is 0 Å². The molecule has 21 heavy (non-hydrogen) atoms. The number of halogens is 3. The number of hydrogen-bond donors (Lipinski definition) is 0. The second-order valence-corrected chi connectivity index (χ2v) is 7.56. The fourth-order valence-electron chi connectivity index (χ4n) is 1.87. The number of hydrogen-bond acceptors (Lipinski definition) is 3. The molecule has 0 saturated heterocycles. The molecular formula is C15H9Br2ClN2S. The molecule has 1 aromatic heterocycles. The van der Waals surface area contributed by atoms with Gasteiger partial charge in [-0.05, 0) is 23.8 Å². The first kappa shape index (κ1) is 15.2. The molecule has 1 atom stereocenters. The lowest BCUT2D eigenvalue weighted by Crippen LogP contribution is -1.91. The zero-order valence-electron chi connectivity index (χ0n) is 10.6. The van der Waals surface area contributed by atoms with Crippen LogP contribution in [0.3, 0.4) is 0 Å². The summed E-state index contributed by atoms with van der Waals surface area (Å²) >= 11 is 15.0. The third kappa shape index (κ3) is 3.37. The first-order valence-corrected chi connectivity index (χ1v) is 8.97. The summed E-state index contributed by atoms with van der Waals surface area (Å²) in [7, 11) is 0. The van der Waals surface area contributed by atoms with Gasteiger partial charge in [-0.25, -0.2) is 0 Å². The Hall–Kier alpha value is -0.750. The molecule has 0 N–H and O–H groups in total. The van der Waals surface area contributed by atoms with E-state index in [1.807, 2.05) is 48.5 Å². The highest BCUT2D eigenvalue weighted by molar-refractivity contribution is 9.11. The maximum atomic E-state index is 6.49. The molecule has 1 heterocycles. The summed E-state index contributed by atoms with van der Waals surface area (Å²) in [6.45, 7) is 0. The van der Waals surface area contributed by atoms with Gasteiger partial charge in [0.2, 0.25) is 0 Å². The van der Waals surface area contributed by atoms with E-state index >= 15 is 0 Å². The molecule has 3 rings (SSSR count). The van der Waals surface area contributed by atoms with Gasteiger partial charge in [-0.15, -0.1) is 21.8 Å². The maximum absolute atomic E-state index is 6.49. The van der Waals surface area contributed by atoms with E-state index in [4.69, 9.17) is 11.6 Å². The number of aromatic nitrogens is 2. The number of nitrogens with zero attached hydrogens (tertiary/aromatic N) is 2. The number of alkyl halides is 1. The molecule has 2 nitrogen and oxygen atoms in total. The van der Waals surface area contributed by atoms with Crippen LogP contribution in [0.4, 0.5) is 0 Å². The highest BCUT2D eigenvalue weighted by Crippen LogP contribution is 2.37. The van der Waals surface area contributed by atoms with E-state index in [1.165, 1.54) is 11.3 Å². The van der Waals surface area contributed by atoms with Crippen LogP contribution in [0.25, 0.3) is 10.6 Å². The van der Waals surface area contributed by atoms with Gasteiger partial charge in [-0.1, -0.05) is 73.5 Å². The van der Waals surface area contributed by atoms with Crippen molar-refractivity contribution in [2.75, 3.05) is 0 Å². The van der Waals surface area contributed by atoms with Crippen LogP contribution in [0.1, 0.15) is 15.9 Å². The zero-order valence-corrected chi connectivity index (χ0v) is 15.4. The van der Waals surface area contributed by atoms with Crippen LogP contribution in [0, 0.1) is 0 Å². The van der Waals surface area contributed by atoms with Gasteiger partial charge in [-0.3, -0.25) is 0 Å². The molecule has 0 bridgehead atoms. The van der Waals surface area contributed by atoms with Crippen molar-refractivity contribution in [3.8, 4) is 10.6 Å². The second kappa shape index (κ2) is 6.57. The van der Waals surface area contributed by atoms with Gasteiger partial charge in [0.05, 0.1) is 0 Å². The van der Waals surface area contributed by atoms with E-state index in [-0.39, 0.29) is 5.38 Å². The van der Waals surface area contributed by atoms with Crippen LogP contribution < -0.4 is 0 Å². The lowest BCUT2D eigenvalue weighted by atomic mass is 10.1. The topological polar surface area (TPSA) is 25.8 Å². The van der Waals surface area contributed by atoms with Crippen molar-refractivity contribution in [1.82, 2.24) is 10.2 Å². The normalized spacial score (nSPS) is 12.3. The molecule has 0 aliphatic carbocycles. The Morgan fingerprint density at radius 2 is 1.76 bits per heavy atom. The predicted octanol–water partition coefficient (Wildman–Crippen LogP) is 6.06. The van der Waals surface area contributed by atoms with Gasteiger partial charge in [0.25, 0.3) is 0 Å². The minimum Gasteiger partial charge on any atom is -0.141 e. The van der Waals surface area contributed by atoms with Crippen molar-refractivity contribution < 1.29 is 0 Å². The lowest BCUT2D eigenvalue weighted by molar-refractivity contribution is 0.988. The smallest absolute Gasteiger partial charge is 0.141 e. The Bertz CT molecular complexity index is 761. The minimum atomic E-state index is -0.275. The standard InChI is InChI=1S/C15H9Br2ClN2S/c16-10-6-7-12(17)11(8-10)14-19-20-15(21-14)13(18)9-4-2-1-3-5-9/h1-8,13H. The molecule has 0 fully saturated rings. The Morgan fingerprint density at radius 3 is 2.52 bits per heavy atom. The zero-order chi connectivity index (χ0) is 14.8. The van der Waals surface area contributed by atoms with E-state index in [2.05, 4.69) is 42.1 Å². The molecule has 2 aromatic carbocycles. The average molecular weight is 445 g/mol. The largest absolute Gasteiger partial charge is 0.149 e. The molecule has 0 spiro atoms. The number of benzene rings is 2. The van der Waals surface area contributed by atoms with E-state index in [0.29, 0.717) is 0 Å². The van der Waals surface area contributed by atoms with Crippen LogP contribution in [-0.4, -0.2) is 10.2 Å². The Labute approximate surface area is 148 Å². The van der Waals surface area contributed by atoms with Crippen LogP contribution in [0.2, 0.25) is 0 Å². The SMILES string of the molecule is ClC(c1ccccc1)c1nnc(-c2cc(Br)ccc2Br)s1. The molecule has 0 aliphatic rings. The molecule has 0 saturated carbocycles. The van der Waals surface area contributed by atoms with Crippen molar-refractivity contribution in [1.29, 1.82) is 0 Å². The van der Waals surface area contributed by atoms with Gasteiger partial charge < -0.3 is 0 Å². The molecule has 106 valence electrons. The Balaban J connectivity index is 1.95. The summed E-state index contributed by atoms with van der Waals surface area (Å²) in [6, 6.07) is 15.9. The van der Waals surface area contributed by atoms with E-state index < -0.39 is 0 Å². The Morgan fingerprint density at radius 1 is 1.00 bits per heavy atom.